The molecule has 0 fully saturated rings. The molecule has 0 radical (unpaired) electrons. The number of aliphatic hydroxyl groups is 1. The van der Waals surface area contributed by atoms with Crippen molar-refractivity contribution in [2.45, 2.75) is 32.8 Å². The lowest BCUT2D eigenvalue weighted by atomic mass is 9.96. The monoisotopic (exact) mass is 150 g/mol. The molecule has 0 aromatic heterocycles. The Labute approximate surface area is 62.0 Å². The molecule has 0 bridgehead atoms. The van der Waals surface area contributed by atoms with E-state index in [9.17, 15) is 5.11 Å². The lowest BCUT2D eigenvalue weighted by Crippen LogP contribution is -2.27. The number of hydrogen-bond donors (Lipinski definition) is 1. The Morgan fingerprint density at radius 3 is 2.11 bits per heavy atom. The van der Waals surface area contributed by atoms with Crippen LogP contribution in [0.4, 0.5) is 0 Å². The predicted octanol–water partition coefficient (Wildman–Crippen LogP) is 2.02. The summed E-state index contributed by atoms with van der Waals surface area (Å²) in [6.45, 7) is 5.90. The van der Waals surface area contributed by atoms with Crippen molar-refractivity contribution in [3.8, 4) is 0 Å². The van der Waals surface area contributed by atoms with Gasteiger partial charge in [-0.15, -0.1) is 11.6 Å². The SMILES string of the molecule is CC(C)CC(C)(O)CCl. The minimum absolute atomic E-state index is 0.325. The molecule has 0 aromatic rings. The molecule has 1 nitrogen and oxygen atoms in total. The largest absolute Gasteiger partial charge is 0.389 e. The number of halogens is 1. The molecule has 56 valence electrons. The van der Waals surface area contributed by atoms with Gasteiger partial charge in [0, 0.05) is 0 Å². The highest BCUT2D eigenvalue weighted by Crippen LogP contribution is 2.16. The van der Waals surface area contributed by atoms with E-state index < -0.39 is 5.60 Å². The second kappa shape index (κ2) is 3.43. The minimum atomic E-state index is -0.671. The molecule has 0 rings (SSSR count). The fraction of sp³-hybridized carbons (Fsp3) is 1.00. The average molecular weight is 151 g/mol. The van der Waals surface area contributed by atoms with E-state index in [1.807, 2.05) is 0 Å². The Balaban J connectivity index is 3.58. The van der Waals surface area contributed by atoms with Gasteiger partial charge in [0.1, 0.15) is 0 Å². The molecule has 1 unspecified atom stereocenters. The normalized spacial score (nSPS) is 18.0. The van der Waals surface area contributed by atoms with Crippen molar-refractivity contribution in [2.75, 3.05) is 5.88 Å². The zero-order valence-electron chi connectivity index (χ0n) is 6.32. The molecular weight excluding hydrogens is 136 g/mol. The molecule has 0 aromatic carbocycles. The van der Waals surface area contributed by atoms with E-state index in [0.717, 1.165) is 6.42 Å². The molecule has 0 spiro atoms. The molecule has 0 aliphatic heterocycles. The summed E-state index contributed by atoms with van der Waals surface area (Å²) in [5.41, 5.74) is -0.671. The lowest BCUT2D eigenvalue weighted by molar-refractivity contribution is 0.0614. The maximum absolute atomic E-state index is 9.36. The molecule has 1 N–H and O–H groups in total. The summed E-state index contributed by atoms with van der Waals surface area (Å²) in [4.78, 5) is 0. The summed E-state index contributed by atoms with van der Waals surface area (Å²) in [6, 6.07) is 0. The molecule has 0 aliphatic carbocycles. The average Bonchev–Trinajstić information content (AvgIpc) is 1.63. The molecule has 0 aliphatic rings. The van der Waals surface area contributed by atoms with Gasteiger partial charge in [-0.25, -0.2) is 0 Å². The summed E-state index contributed by atoms with van der Waals surface area (Å²) in [6.07, 6.45) is 0.774. The first kappa shape index (κ1) is 9.25. The molecule has 1 atom stereocenters. The number of alkyl halides is 1. The van der Waals surface area contributed by atoms with Crippen molar-refractivity contribution in [1.29, 1.82) is 0 Å². The van der Waals surface area contributed by atoms with Gasteiger partial charge >= 0.3 is 0 Å². The van der Waals surface area contributed by atoms with Crippen LogP contribution in [0.15, 0.2) is 0 Å². The molecular formula is C7H15ClO. The van der Waals surface area contributed by atoms with Crippen LogP contribution in [0.2, 0.25) is 0 Å². The Morgan fingerprint density at radius 1 is 1.56 bits per heavy atom. The van der Waals surface area contributed by atoms with Crippen molar-refractivity contribution in [3.63, 3.8) is 0 Å². The maximum atomic E-state index is 9.36. The number of hydrogen-bond acceptors (Lipinski definition) is 1. The predicted molar refractivity (Wildman–Crippen MR) is 40.8 cm³/mol. The van der Waals surface area contributed by atoms with Crippen LogP contribution >= 0.6 is 11.6 Å². The fourth-order valence-corrected chi connectivity index (χ4v) is 1.04. The van der Waals surface area contributed by atoms with E-state index in [4.69, 9.17) is 11.6 Å². The van der Waals surface area contributed by atoms with Crippen LogP contribution in [0.5, 0.6) is 0 Å². The van der Waals surface area contributed by atoms with Crippen LogP contribution in [-0.4, -0.2) is 16.6 Å². The standard InChI is InChI=1S/C7H15ClO/c1-6(2)4-7(3,9)5-8/h6,9H,4-5H2,1-3H3. The van der Waals surface area contributed by atoms with Crippen LogP contribution in [0.25, 0.3) is 0 Å². The van der Waals surface area contributed by atoms with Crippen LogP contribution in [0.3, 0.4) is 0 Å². The molecule has 0 saturated carbocycles. The Kier molecular flexibility index (Phi) is 3.52. The Hall–Kier alpha value is 0.250. The fourth-order valence-electron chi connectivity index (χ4n) is 0.934. The maximum Gasteiger partial charge on any atom is 0.0757 e. The van der Waals surface area contributed by atoms with Crippen molar-refractivity contribution in [1.82, 2.24) is 0 Å². The molecule has 0 heterocycles. The van der Waals surface area contributed by atoms with Crippen molar-refractivity contribution in [3.05, 3.63) is 0 Å². The first-order chi connectivity index (χ1) is 3.98. The van der Waals surface area contributed by atoms with E-state index in [1.54, 1.807) is 6.92 Å². The third kappa shape index (κ3) is 4.73. The van der Waals surface area contributed by atoms with Crippen LogP contribution < -0.4 is 0 Å². The zero-order valence-corrected chi connectivity index (χ0v) is 7.07. The zero-order chi connectivity index (χ0) is 7.49. The summed E-state index contributed by atoms with van der Waals surface area (Å²) in [7, 11) is 0. The van der Waals surface area contributed by atoms with E-state index in [1.165, 1.54) is 0 Å². The van der Waals surface area contributed by atoms with E-state index >= 15 is 0 Å². The smallest absolute Gasteiger partial charge is 0.0757 e. The second-order valence-electron chi connectivity index (χ2n) is 3.23. The van der Waals surface area contributed by atoms with Gasteiger partial charge in [-0.2, -0.15) is 0 Å². The van der Waals surface area contributed by atoms with Gasteiger partial charge in [-0.3, -0.25) is 0 Å². The van der Waals surface area contributed by atoms with E-state index in [2.05, 4.69) is 13.8 Å². The van der Waals surface area contributed by atoms with Crippen LogP contribution in [0.1, 0.15) is 27.2 Å². The highest BCUT2D eigenvalue weighted by atomic mass is 35.5. The van der Waals surface area contributed by atoms with E-state index in [0.29, 0.717) is 11.8 Å². The van der Waals surface area contributed by atoms with Gasteiger partial charge in [0.2, 0.25) is 0 Å². The molecule has 9 heavy (non-hydrogen) atoms. The summed E-state index contributed by atoms with van der Waals surface area (Å²) in [5.74, 6) is 0.837. The van der Waals surface area contributed by atoms with Crippen LogP contribution in [0, 0.1) is 5.92 Å². The van der Waals surface area contributed by atoms with Crippen molar-refractivity contribution >= 4 is 11.6 Å². The third-order valence-corrected chi connectivity index (χ3v) is 1.71. The molecule has 0 saturated heterocycles. The molecule has 2 heteroatoms. The molecule has 0 amide bonds. The summed E-state index contributed by atoms with van der Waals surface area (Å²) < 4.78 is 0. The van der Waals surface area contributed by atoms with Gasteiger partial charge in [0.25, 0.3) is 0 Å². The minimum Gasteiger partial charge on any atom is -0.389 e. The van der Waals surface area contributed by atoms with Gasteiger partial charge in [0.05, 0.1) is 11.5 Å². The third-order valence-electron chi connectivity index (χ3n) is 1.14. The van der Waals surface area contributed by atoms with Crippen molar-refractivity contribution < 1.29 is 5.11 Å². The highest BCUT2D eigenvalue weighted by Gasteiger charge is 2.19. The Morgan fingerprint density at radius 2 is 2.00 bits per heavy atom. The van der Waals surface area contributed by atoms with E-state index in [-0.39, 0.29) is 0 Å². The summed E-state index contributed by atoms with van der Waals surface area (Å²) in [5, 5.41) is 9.36. The lowest BCUT2D eigenvalue weighted by Gasteiger charge is -2.21. The highest BCUT2D eigenvalue weighted by molar-refractivity contribution is 6.18. The van der Waals surface area contributed by atoms with Gasteiger partial charge in [-0.1, -0.05) is 13.8 Å². The summed E-state index contributed by atoms with van der Waals surface area (Å²) >= 11 is 5.49. The van der Waals surface area contributed by atoms with Gasteiger partial charge in [0.15, 0.2) is 0 Å². The second-order valence-corrected chi connectivity index (χ2v) is 3.50. The first-order valence-electron chi connectivity index (χ1n) is 3.26. The van der Waals surface area contributed by atoms with Crippen molar-refractivity contribution in [2.24, 2.45) is 5.92 Å². The first-order valence-corrected chi connectivity index (χ1v) is 3.80. The topological polar surface area (TPSA) is 20.2 Å². The van der Waals surface area contributed by atoms with Crippen LogP contribution in [-0.2, 0) is 0 Å². The van der Waals surface area contributed by atoms with Gasteiger partial charge in [-0.05, 0) is 19.3 Å². The quantitative estimate of drug-likeness (QED) is 0.611. The van der Waals surface area contributed by atoms with Gasteiger partial charge < -0.3 is 5.11 Å². The Bertz CT molecular complexity index is 79.0. The number of rotatable bonds is 3.